The molecule has 0 amide bonds. The Morgan fingerprint density at radius 2 is 2.10 bits per heavy atom. The minimum absolute atomic E-state index is 0.0484. The molecule has 0 atom stereocenters. The van der Waals surface area contributed by atoms with E-state index in [1.54, 1.807) is 6.20 Å². The zero-order valence-corrected chi connectivity index (χ0v) is 12.5. The van der Waals surface area contributed by atoms with Crippen LogP contribution in [0.4, 0.5) is 0 Å². The lowest BCUT2D eigenvalue weighted by atomic mass is 10.2. The van der Waals surface area contributed by atoms with E-state index in [4.69, 9.17) is 5.11 Å². The van der Waals surface area contributed by atoms with Gasteiger partial charge >= 0.3 is 5.97 Å². The molecule has 0 aliphatic carbocycles. The second-order valence-electron chi connectivity index (χ2n) is 5.13. The quantitative estimate of drug-likeness (QED) is 0.850. The molecular weight excluding hydrogens is 266 g/mol. The van der Waals surface area contributed by atoms with Gasteiger partial charge in [-0.25, -0.2) is 4.68 Å². The van der Waals surface area contributed by atoms with E-state index in [1.807, 2.05) is 53.8 Å². The SMILES string of the molecule is CCCN(CC(=O)O)Cc1ccnn1-c1ccccc1C. The Hall–Kier alpha value is -2.14. The van der Waals surface area contributed by atoms with Crippen LogP contribution in [0.25, 0.3) is 5.69 Å². The van der Waals surface area contributed by atoms with E-state index >= 15 is 0 Å². The summed E-state index contributed by atoms with van der Waals surface area (Å²) in [6, 6.07) is 9.98. The summed E-state index contributed by atoms with van der Waals surface area (Å²) in [5.41, 5.74) is 3.17. The van der Waals surface area contributed by atoms with Crippen molar-refractivity contribution in [1.29, 1.82) is 0 Å². The van der Waals surface area contributed by atoms with E-state index in [2.05, 4.69) is 5.10 Å². The van der Waals surface area contributed by atoms with E-state index in [9.17, 15) is 4.79 Å². The van der Waals surface area contributed by atoms with Crippen LogP contribution in [0.1, 0.15) is 24.6 Å². The summed E-state index contributed by atoms with van der Waals surface area (Å²) in [6.07, 6.45) is 2.68. The van der Waals surface area contributed by atoms with Crippen LogP contribution in [0, 0.1) is 6.92 Å². The van der Waals surface area contributed by atoms with Gasteiger partial charge in [-0.15, -0.1) is 0 Å². The molecule has 0 aliphatic rings. The number of carboxylic acid groups (broad SMARTS) is 1. The molecule has 0 saturated carbocycles. The predicted octanol–water partition coefficient (Wildman–Crippen LogP) is 2.48. The zero-order chi connectivity index (χ0) is 15.2. The van der Waals surface area contributed by atoms with Crippen LogP contribution in [0.2, 0.25) is 0 Å². The third-order valence-corrected chi connectivity index (χ3v) is 3.35. The largest absolute Gasteiger partial charge is 0.480 e. The number of benzene rings is 1. The van der Waals surface area contributed by atoms with Gasteiger partial charge in [-0.2, -0.15) is 5.10 Å². The molecule has 112 valence electrons. The molecule has 0 aliphatic heterocycles. The van der Waals surface area contributed by atoms with Crippen LogP contribution in [-0.4, -0.2) is 38.8 Å². The summed E-state index contributed by atoms with van der Waals surface area (Å²) in [7, 11) is 0. The number of nitrogens with zero attached hydrogens (tertiary/aromatic N) is 3. The number of hydrogen-bond donors (Lipinski definition) is 1. The third kappa shape index (κ3) is 3.92. The number of aromatic nitrogens is 2. The van der Waals surface area contributed by atoms with Gasteiger partial charge in [0.05, 0.1) is 17.9 Å². The van der Waals surface area contributed by atoms with Gasteiger partial charge in [0.2, 0.25) is 0 Å². The molecule has 0 bridgehead atoms. The Bertz CT molecular complexity index is 607. The highest BCUT2D eigenvalue weighted by Gasteiger charge is 2.13. The molecule has 21 heavy (non-hydrogen) atoms. The van der Waals surface area contributed by atoms with E-state index in [-0.39, 0.29) is 6.54 Å². The fourth-order valence-corrected chi connectivity index (χ4v) is 2.42. The molecule has 1 N–H and O–H groups in total. The first kappa shape index (κ1) is 15.3. The average molecular weight is 287 g/mol. The van der Waals surface area contributed by atoms with Crippen molar-refractivity contribution < 1.29 is 9.90 Å². The molecule has 2 aromatic rings. The molecule has 1 aromatic carbocycles. The van der Waals surface area contributed by atoms with Crippen molar-refractivity contribution in [3.05, 3.63) is 47.8 Å². The third-order valence-electron chi connectivity index (χ3n) is 3.35. The number of hydrogen-bond acceptors (Lipinski definition) is 3. The maximum atomic E-state index is 11.0. The lowest BCUT2D eigenvalue weighted by Gasteiger charge is -2.20. The molecular formula is C16H21N3O2. The summed E-state index contributed by atoms with van der Waals surface area (Å²) in [4.78, 5) is 12.9. The highest BCUT2D eigenvalue weighted by molar-refractivity contribution is 5.69. The molecule has 2 rings (SSSR count). The van der Waals surface area contributed by atoms with Gasteiger partial charge in [-0.1, -0.05) is 25.1 Å². The van der Waals surface area contributed by atoms with Crippen LogP contribution in [0.15, 0.2) is 36.5 Å². The monoisotopic (exact) mass is 287 g/mol. The number of carbonyl (C=O) groups is 1. The Morgan fingerprint density at radius 1 is 1.33 bits per heavy atom. The van der Waals surface area contributed by atoms with Crippen molar-refractivity contribution in [3.63, 3.8) is 0 Å². The van der Waals surface area contributed by atoms with Crippen LogP contribution >= 0.6 is 0 Å². The van der Waals surface area contributed by atoms with Gasteiger partial charge < -0.3 is 5.11 Å². The molecule has 5 nitrogen and oxygen atoms in total. The standard InChI is InChI=1S/C16H21N3O2/c1-3-10-18(12-16(20)21)11-14-8-9-17-19(14)15-7-5-4-6-13(15)2/h4-9H,3,10-12H2,1-2H3,(H,20,21). The molecule has 0 radical (unpaired) electrons. The summed E-state index contributed by atoms with van der Waals surface area (Å²) in [5, 5.41) is 13.4. The van der Waals surface area contributed by atoms with Gasteiger partial charge in [-0.3, -0.25) is 9.69 Å². The number of para-hydroxylation sites is 1. The summed E-state index contributed by atoms with van der Waals surface area (Å²) >= 11 is 0. The van der Waals surface area contributed by atoms with Crippen molar-refractivity contribution >= 4 is 5.97 Å². The topological polar surface area (TPSA) is 58.4 Å². The lowest BCUT2D eigenvalue weighted by molar-refractivity contribution is -0.138. The first-order chi connectivity index (χ1) is 10.1. The zero-order valence-electron chi connectivity index (χ0n) is 12.5. The van der Waals surface area contributed by atoms with E-state index in [0.29, 0.717) is 6.54 Å². The Balaban J connectivity index is 2.23. The van der Waals surface area contributed by atoms with Crippen LogP contribution in [-0.2, 0) is 11.3 Å². The molecule has 0 fully saturated rings. The van der Waals surface area contributed by atoms with Crippen LogP contribution < -0.4 is 0 Å². The second-order valence-corrected chi connectivity index (χ2v) is 5.13. The minimum Gasteiger partial charge on any atom is -0.480 e. The fraction of sp³-hybridized carbons (Fsp3) is 0.375. The number of carboxylic acids is 1. The van der Waals surface area contributed by atoms with Gasteiger partial charge in [0.25, 0.3) is 0 Å². The molecule has 1 heterocycles. The van der Waals surface area contributed by atoms with Gasteiger partial charge in [-0.05, 0) is 37.6 Å². The molecule has 5 heteroatoms. The second kappa shape index (κ2) is 7.04. The minimum atomic E-state index is -0.801. The van der Waals surface area contributed by atoms with Gasteiger partial charge in [0, 0.05) is 12.7 Å². The molecule has 1 aromatic heterocycles. The van der Waals surface area contributed by atoms with Gasteiger partial charge in [0.15, 0.2) is 0 Å². The smallest absolute Gasteiger partial charge is 0.317 e. The van der Waals surface area contributed by atoms with Crippen molar-refractivity contribution in [2.24, 2.45) is 0 Å². The Labute approximate surface area is 124 Å². The number of aryl methyl sites for hydroxylation is 1. The fourth-order valence-electron chi connectivity index (χ4n) is 2.42. The normalized spacial score (nSPS) is 11.0. The van der Waals surface area contributed by atoms with Crippen molar-refractivity contribution in [2.75, 3.05) is 13.1 Å². The highest BCUT2D eigenvalue weighted by Crippen LogP contribution is 2.16. The Kier molecular flexibility index (Phi) is 5.11. The summed E-state index contributed by atoms with van der Waals surface area (Å²) < 4.78 is 1.89. The Morgan fingerprint density at radius 3 is 2.76 bits per heavy atom. The lowest BCUT2D eigenvalue weighted by Crippen LogP contribution is -2.31. The summed E-state index contributed by atoms with van der Waals surface area (Å²) in [6.45, 7) is 5.47. The maximum absolute atomic E-state index is 11.0. The first-order valence-electron chi connectivity index (χ1n) is 7.15. The first-order valence-corrected chi connectivity index (χ1v) is 7.15. The molecule has 0 spiro atoms. The van der Waals surface area contributed by atoms with Crippen molar-refractivity contribution in [3.8, 4) is 5.69 Å². The number of rotatable bonds is 7. The molecule has 0 unspecified atom stereocenters. The van der Waals surface area contributed by atoms with E-state index in [0.717, 1.165) is 29.9 Å². The predicted molar refractivity (Wildman–Crippen MR) is 81.5 cm³/mol. The molecule has 0 saturated heterocycles. The number of aliphatic carboxylic acids is 1. The van der Waals surface area contributed by atoms with Crippen molar-refractivity contribution in [2.45, 2.75) is 26.8 Å². The van der Waals surface area contributed by atoms with Crippen molar-refractivity contribution in [1.82, 2.24) is 14.7 Å². The van der Waals surface area contributed by atoms with E-state index in [1.165, 1.54) is 0 Å². The summed E-state index contributed by atoms with van der Waals surface area (Å²) in [5.74, 6) is -0.801. The van der Waals surface area contributed by atoms with Crippen LogP contribution in [0.3, 0.4) is 0 Å². The van der Waals surface area contributed by atoms with Gasteiger partial charge in [0.1, 0.15) is 0 Å². The van der Waals surface area contributed by atoms with Crippen LogP contribution in [0.5, 0.6) is 0 Å². The maximum Gasteiger partial charge on any atom is 0.317 e. The van der Waals surface area contributed by atoms with E-state index < -0.39 is 5.97 Å². The highest BCUT2D eigenvalue weighted by atomic mass is 16.4. The average Bonchev–Trinajstić information content (AvgIpc) is 2.87.